The van der Waals surface area contributed by atoms with E-state index in [0.717, 1.165) is 30.1 Å². The molecule has 0 atom stereocenters. The lowest BCUT2D eigenvalue weighted by atomic mass is 10.2. The summed E-state index contributed by atoms with van der Waals surface area (Å²) in [5.74, 6) is 0.0181. The quantitative estimate of drug-likeness (QED) is 0.220. The third-order valence-electron chi connectivity index (χ3n) is 5.36. The number of carbonyl (C=O) groups excluding carboxylic acids is 1. The van der Waals surface area contributed by atoms with Crippen molar-refractivity contribution in [3.05, 3.63) is 76.7 Å². The molecule has 1 fully saturated rings. The van der Waals surface area contributed by atoms with Crippen LogP contribution in [0.1, 0.15) is 34.2 Å². The van der Waals surface area contributed by atoms with Crippen molar-refractivity contribution < 1.29 is 13.5 Å². The monoisotopic (exact) mass is 531 g/mol. The molecular formula is C25H31ClFN7OS. The largest absolute Gasteiger partial charge is 0.354 e. The topological polar surface area (TPSA) is 98.8 Å². The van der Waals surface area contributed by atoms with Crippen molar-refractivity contribution >= 4 is 52.4 Å². The van der Waals surface area contributed by atoms with Crippen LogP contribution in [0.15, 0.2) is 64.6 Å². The van der Waals surface area contributed by atoms with Gasteiger partial charge in [-0.1, -0.05) is 31.2 Å². The minimum Gasteiger partial charge on any atom is -0.354 e. The number of nitrogens with one attached hydrogen (secondary N) is 3. The number of nitrogens with zero attached hydrogens (tertiary/aromatic N) is 4. The molecule has 1 aliphatic rings. The summed E-state index contributed by atoms with van der Waals surface area (Å²) in [7, 11) is 0. The Labute approximate surface area is 222 Å². The Morgan fingerprint density at radius 2 is 1.92 bits per heavy atom. The number of carbonyl (C=O) groups is 1. The van der Waals surface area contributed by atoms with Crippen LogP contribution in [0.5, 0.6) is 0 Å². The molecule has 0 bridgehead atoms. The van der Waals surface area contributed by atoms with Crippen LogP contribution < -0.4 is 15.5 Å². The van der Waals surface area contributed by atoms with Gasteiger partial charge in [0.05, 0.1) is 10.6 Å². The molecule has 11 heteroatoms. The fraction of sp³-hybridized carbons (Fsp3) is 0.200. The second kappa shape index (κ2) is 11.0. The van der Waals surface area contributed by atoms with E-state index in [0.29, 0.717) is 27.2 Å². The molecular weight excluding hydrogens is 501 g/mol. The first-order valence-corrected chi connectivity index (χ1v) is 12.1. The first kappa shape index (κ1) is 25.5. The smallest absolute Gasteiger partial charge is 0.257 e. The molecule has 1 amide bonds. The maximum atomic E-state index is 15.2. The highest BCUT2D eigenvalue weighted by atomic mass is 35.5. The van der Waals surface area contributed by atoms with Gasteiger partial charge in [-0.05, 0) is 61.5 Å². The summed E-state index contributed by atoms with van der Waals surface area (Å²) in [5.41, 5.74) is 1.87. The van der Waals surface area contributed by atoms with E-state index in [2.05, 4.69) is 30.8 Å². The first-order valence-electron chi connectivity index (χ1n) is 10.9. The lowest BCUT2D eigenvalue weighted by Crippen LogP contribution is -2.38. The van der Waals surface area contributed by atoms with Crippen LogP contribution in [0.25, 0.3) is 0 Å². The van der Waals surface area contributed by atoms with Gasteiger partial charge < -0.3 is 15.5 Å². The summed E-state index contributed by atoms with van der Waals surface area (Å²) < 4.78 is 15.2. The average Bonchev–Trinajstić information content (AvgIpc) is 3.21. The van der Waals surface area contributed by atoms with Crippen LogP contribution in [0.2, 0.25) is 5.02 Å². The number of H-pyrrole nitrogens is 1. The third-order valence-corrected chi connectivity index (χ3v) is 6.56. The minimum atomic E-state index is -0.507. The van der Waals surface area contributed by atoms with Gasteiger partial charge in [0.15, 0.2) is 22.6 Å². The predicted molar refractivity (Wildman–Crippen MR) is 148 cm³/mol. The van der Waals surface area contributed by atoms with Gasteiger partial charge >= 0.3 is 0 Å². The molecule has 0 unspecified atom stereocenters. The third kappa shape index (κ3) is 5.60. The first-order chi connectivity index (χ1) is 17.0. The zero-order valence-electron chi connectivity index (χ0n) is 18.7. The number of hydrogen-bond donors (Lipinski definition) is 3. The van der Waals surface area contributed by atoms with E-state index < -0.39 is 5.82 Å². The molecule has 0 saturated carbocycles. The fourth-order valence-electron chi connectivity index (χ4n) is 3.44. The standard InChI is InChI=1S/C24H21ClFN7OS.CH4.3H2/c1-14-13-19(32-31-14)28-21-20(26)22(33-11-4-12-33)30-24(29-21)35-16-9-7-15(8-10-16)27-23(34)17-5-2-3-6-18(17)25;;;;/h2-3,5-10,13H,4,11-12H2,1H3,(H,27,34)(H2,28,29,30,31,32);1H4;3*1H. The Morgan fingerprint density at radius 3 is 2.56 bits per heavy atom. The van der Waals surface area contributed by atoms with Gasteiger partial charge in [-0.2, -0.15) is 9.49 Å². The Balaban J connectivity index is 0.00000190. The van der Waals surface area contributed by atoms with Gasteiger partial charge in [0.25, 0.3) is 5.91 Å². The number of aromatic amines is 1. The molecule has 4 aromatic rings. The second-order valence-corrected chi connectivity index (χ2v) is 9.40. The van der Waals surface area contributed by atoms with Crippen molar-refractivity contribution in [1.82, 2.24) is 20.2 Å². The van der Waals surface area contributed by atoms with Gasteiger partial charge in [0.2, 0.25) is 5.82 Å². The van der Waals surface area contributed by atoms with E-state index >= 15 is 4.39 Å². The number of halogens is 2. The molecule has 192 valence electrons. The predicted octanol–water partition coefficient (Wildman–Crippen LogP) is 7.03. The van der Waals surface area contributed by atoms with Gasteiger partial charge in [-0.15, -0.1) is 0 Å². The van der Waals surface area contributed by atoms with Crippen molar-refractivity contribution in [3.8, 4) is 0 Å². The Hall–Kier alpha value is -3.63. The number of hydrogen-bond acceptors (Lipinski definition) is 7. The molecule has 2 aromatic heterocycles. The maximum Gasteiger partial charge on any atom is 0.257 e. The van der Waals surface area contributed by atoms with Gasteiger partial charge in [-0.25, -0.2) is 9.97 Å². The molecule has 1 saturated heterocycles. The van der Waals surface area contributed by atoms with Crippen molar-refractivity contribution in [1.29, 1.82) is 0 Å². The van der Waals surface area contributed by atoms with Crippen LogP contribution in [0, 0.1) is 12.7 Å². The highest BCUT2D eigenvalue weighted by Gasteiger charge is 2.24. The number of aryl methyl sites for hydroxylation is 1. The average molecular weight is 532 g/mol. The minimum absolute atomic E-state index is 0. The summed E-state index contributed by atoms with van der Waals surface area (Å²) in [6.07, 6.45) is 0.995. The van der Waals surface area contributed by atoms with E-state index in [4.69, 9.17) is 11.6 Å². The van der Waals surface area contributed by atoms with Crippen LogP contribution in [0.3, 0.4) is 0 Å². The van der Waals surface area contributed by atoms with Crippen LogP contribution in [0.4, 0.5) is 27.5 Å². The molecule has 8 nitrogen and oxygen atoms in total. The van der Waals surface area contributed by atoms with Gasteiger partial charge in [-0.3, -0.25) is 9.89 Å². The molecule has 2 aromatic carbocycles. The SMILES string of the molecule is C.Cc1cc(Nc2nc(Sc3ccc(NC(=O)c4ccccc4Cl)cc3)nc(N3CCC3)c2F)n[nH]1.[HH].[HH].[HH]. The number of benzene rings is 2. The highest BCUT2D eigenvalue weighted by molar-refractivity contribution is 7.99. The summed E-state index contributed by atoms with van der Waals surface area (Å²) in [4.78, 5) is 24.1. The van der Waals surface area contributed by atoms with E-state index in [-0.39, 0.29) is 29.2 Å². The highest BCUT2D eigenvalue weighted by Crippen LogP contribution is 2.33. The Morgan fingerprint density at radius 1 is 1.17 bits per heavy atom. The van der Waals surface area contributed by atoms with Gasteiger partial charge in [0, 0.05) is 39.7 Å². The van der Waals surface area contributed by atoms with Crippen molar-refractivity contribution in [2.45, 2.75) is 30.8 Å². The zero-order valence-corrected chi connectivity index (χ0v) is 20.3. The van der Waals surface area contributed by atoms with Crippen LogP contribution in [-0.2, 0) is 0 Å². The van der Waals surface area contributed by atoms with E-state index in [1.165, 1.54) is 11.8 Å². The molecule has 0 radical (unpaired) electrons. The molecule has 0 spiro atoms. The summed E-state index contributed by atoms with van der Waals surface area (Å²) in [6.45, 7) is 3.36. The summed E-state index contributed by atoms with van der Waals surface area (Å²) >= 11 is 7.41. The maximum absolute atomic E-state index is 15.2. The molecule has 5 rings (SSSR count). The van der Waals surface area contributed by atoms with Crippen molar-refractivity contribution in [2.24, 2.45) is 0 Å². The van der Waals surface area contributed by atoms with E-state index in [1.807, 2.05) is 24.0 Å². The second-order valence-electron chi connectivity index (χ2n) is 7.95. The Kier molecular flexibility index (Phi) is 7.76. The van der Waals surface area contributed by atoms with Crippen LogP contribution >= 0.6 is 23.4 Å². The van der Waals surface area contributed by atoms with Crippen molar-refractivity contribution in [2.75, 3.05) is 28.6 Å². The summed E-state index contributed by atoms with van der Waals surface area (Å²) in [5, 5.41) is 13.5. The molecule has 3 N–H and O–H groups in total. The molecule has 3 heterocycles. The molecule has 1 aliphatic heterocycles. The number of aromatic nitrogens is 4. The zero-order chi connectivity index (χ0) is 24.4. The lowest BCUT2D eigenvalue weighted by Gasteiger charge is -2.32. The van der Waals surface area contributed by atoms with Crippen LogP contribution in [-0.4, -0.2) is 39.2 Å². The van der Waals surface area contributed by atoms with E-state index in [9.17, 15) is 4.79 Å². The van der Waals surface area contributed by atoms with Gasteiger partial charge in [0.1, 0.15) is 0 Å². The van der Waals surface area contributed by atoms with E-state index in [1.54, 1.807) is 42.5 Å². The number of anilines is 4. The lowest BCUT2D eigenvalue weighted by molar-refractivity contribution is 0.102. The Bertz CT molecular complexity index is 1390. The number of rotatable bonds is 7. The van der Waals surface area contributed by atoms with Crippen molar-refractivity contribution in [3.63, 3.8) is 0 Å². The normalized spacial score (nSPS) is 12.5. The molecule has 36 heavy (non-hydrogen) atoms. The molecule has 0 aliphatic carbocycles. The fourth-order valence-corrected chi connectivity index (χ4v) is 4.41. The number of amides is 1. The summed E-state index contributed by atoms with van der Waals surface area (Å²) in [6, 6.07) is 15.9.